The molecule has 0 aromatic heterocycles. The van der Waals surface area contributed by atoms with Crippen LogP contribution < -0.4 is 15.2 Å². The molecule has 4 rings (SSSR count). The zero-order chi connectivity index (χ0) is 17.8. The maximum absolute atomic E-state index is 5.57. The summed E-state index contributed by atoms with van der Waals surface area (Å²) in [7, 11) is 0. The van der Waals surface area contributed by atoms with Crippen molar-refractivity contribution in [3.8, 4) is 5.75 Å². The molecule has 1 aliphatic rings. The molecule has 3 aromatic rings. The van der Waals surface area contributed by atoms with Crippen LogP contribution in [0.25, 0.3) is 5.70 Å². The molecular weight excluding hydrogens is 320 g/mol. The molecule has 0 aliphatic carbocycles. The van der Waals surface area contributed by atoms with E-state index in [1.54, 1.807) is 0 Å². The molecule has 0 bridgehead atoms. The van der Waals surface area contributed by atoms with Crippen molar-refractivity contribution in [2.24, 2.45) is 0 Å². The molecule has 26 heavy (non-hydrogen) atoms. The van der Waals surface area contributed by atoms with Gasteiger partial charge >= 0.3 is 0 Å². The Kier molecular flexibility index (Phi) is 4.61. The first-order valence-electron chi connectivity index (χ1n) is 8.96. The van der Waals surface area contributed by atoms with Gasteiger partial charge in [0.15, 0.2) is 0 Å². The Bertz CT molecular complexity index is 873. The van der Waals surface area contributed by atoms with Crippen molar-refractivity contribution >= 4 is 11.4 Å². The second kappa shape index (κ2) is 7.36. The third kappa shape index (κ3) is 3.29. The van der Waals surface area contributed by atoms with E-state index in [9.17, 15) is 0 Å². The van der Waals surface area contributed by atoms with Gasteiger partial charge in [0.25, 0.3) is 0 Å². The van der Waals surface area contributed by atoms with Crippen LogP contribution in [0.1, 0.15) is 24.1 Å². The van der Waals surface area contributed by atoms with Crippen LogP contribution in [0.5, 0.6) is 5.75 Å². The van der Waals surface area contributed by atoms with Gasteiger partial charge in [-0.15, -0.1) is 0 Å². The van der Waals surface area contributed by atoms with Crippen LogP contribution in [0, 0.1) is 0 Å². The average Bonchev–Trinajstić information content (AvgIpc) is 3.16. The highest BCUT2D eigenvalue weighted by Gasteiger charge is 2.26. The summed E-state index contributed by atoms with van der Waals surface area (Å²) in [6.07, 6.45) is 2.28. The van der Waals surface area contributed by atoms with Gasteiger partial charge in [0.05, 0.1) is 24.0 Å². The van der Waals surface area contributed by atoms with E-state index in [0.29, 0.717) is 6.61 Å². The molecule has 3 aromatic carbocycles. The molecule has 0 spiro atoms. The summed E-state index contributed by atoms with van der Waals surface area (Å²) in [5, 5.41) is 2.20. The summed E-state index contributed by atoms with van der Waals surface area (Å²) >= 11 is 0. The SMILES string of the molecule is CCOc1ccc(N2NC(c3ccccc3)=CC2c2ccccc2)cc1. The fraction of sp³-hybridized carbons (Fsp3) is 0.130. The Morgan fingerprint density at radius 2 is 1.50 bits per heavy atom. The van der Waals surface area contributed by atoms with Crippen molar-refractivity contribution in [2.75, 3.05) is 11.6 Å². The Morgan fingerprint density at radius 1 is 0.846 bits per heavy atom. The summed E-state index contributed by atoms with van der Waals surface area (Å²) < 4.78 is 5.57. The summed E-state index contributed by atoms with van der Waals surface area (Å²) in [4.78, 5) is 0. The van der Waals surface area contributed by atoms with Crippen molar-refractivity contribution in [2.45, 2.75) is 13.0 Å². The lowest BCUT2D eigenvalue weighted by atomic mass is 10.0. The minimum atomic E-state index is 0.129. The number of nitrogens with zero attached hydrogens (tertiary/aromatic N) is 1. The molecule has 0 amide bonds. The molecule has 1 atom stereocenters. The minimum Gasteiger partial charge on any atom is -0.494 e. The third-order valence-electron chi connectivity index (χ3n) is 4.50. The molecule has 0 radical (unpaired) electrons. The molecule has 0 saturated heterocycles. The standard InChI is InChI=1S/C23H22N2O/c1-2-26-21-15-13-20(14-16-21)25-23(19-11-7-4-8-12-19)17-22(24-25)18-9-5-3-6-10-18/h3-17,23-24H,2H2,1H3. The van der Waals surface area contributed by atoms with Crippen molar-refractivity contribution in [1.29, 1.82) is 0 Å². The fourth-order valence-electron chi connectivity index (χ4n) is 3.24. The number of anilines is 1. The number of nitrogens with one attached hydrogen (secondary N) is 1. The predicted molar refractivity (Wildman–Crippen MR) is 107 cm³/mol. The molecule has 1 aliphatic heterocycles. The first-order valence-corrected chi connectivity index (χ1v) is 8.96. The second-order valence-electron chi connectivity index (χ2n) is 6.21. The Hall–Kier alpha value is -3.20. The average molecular weight is 342 g/mol. The second-order valence-corrected chi connectivity index (χ2v) is 6.21. The number of hydrazine groups is 1. The van der Waals surface area contributed by atoms with Gasteiger partial charge in [0, 0.05) is 0 Å². The zero-order valence-corrected chi connectivity index (χ0v) is 14.8. The molecule has 1 unspecified atom stereocenters. The van der Waals surface area contributed by atoms with E-state index in [1.807, 2.05) is 25.1 Å². The summed E-state index contributed by atoms with van der Waals surface area (Å²) in [5.41, 5.74) is 8.23. The van der Waals surface area contributed by atoms with Gasteiger partial charge in [0.2, 0.25) is 0 Å². The number of benzene rings is 3. The smallest absolute Gasteiger partial charge is 0.119 e. The highest BCUT2D eigenvalue weighted by Crippen LogP contribution is 2.35. The maximum atomic E-state index is 5.57. The van der Waals surface area contributed by atoms with Gasteiger partial charge in [0.1, 0.15) is 5.75 Å². The van der Waals surface area contributed by atoms with Crippen molar-refractivity contribution < 1.29 is 4.74 Å². The predicted octanol–water partition coefficient (Wildman–Crippen LogP) is 5.19. The van der Waals surface area contributed by atoms with Crippen molar-refractivity contribution in [1.82, 2.24) is 5.43 Å². The van der Waals surface area contributed by atoms with Crippen molar-refractivity contribution in [3.63, 3.8) is 0 Å². The maximum Gasteiger partial charge on any atom is 0.119 e. The monoisotopic (exact) mass is 342 g/mol. The van der Waals surface area contributed by atoms with Gasteiger partial charge in [-0.25, -0.2) is 0 Å². The molecule has 1 N–H and O–H groups in total. The lowest BCUT2D eigenvalue weighted by Crippen LogP contribution is -2.33. The zero-order valence-electron chi connectivity index (χ0n) is 14.8. The van der Waals surface area contributed by atoms with E-state index in [-0.39, 0.29) is 6.04 Å². The number of hydrogen-bond acceptors (Lipinski definition) is 3. The molecule has 0 saturated carbocycles. The van der Waals surface area contributed by atoms with Gasteiger partial charge in [-0.2, -0.15) is 0 Å². The molecule has 130 valence electrons. The van der Waals surface area contributed by atoms with Gasteiger partial charge < -0.3 is 4.74 Å². The van der Waals surface area contributed by atoms with Crippen LogP contribution in [0.15, 0.2) is 91.0 Å². The normalized spacial score (nSPS) is 16.1. The quantitative estimate of drug-likeness (QED) is 0.690. The molecule has 1 heterocycles. The van der Waals surface area contributed by atoms with Crippen molar-refractivity contribution in [3.05, 3.63) is 102 Å². The minimum absolute atomic E-state index is 0.129. The highest BCUT2D eigenvalue weighted by atomic mass is 16.5. The first kappa shape index (κ1) is 16.3. The van der Waals surface area contributed by atoms with Crippen LogP contribution in [0.3, 0.4) is 0 Å². The first-order chi connectivity index (χ1) is 12.8. The van der Waals surface area contributed by atoms with Crippen LogP contribution in [-0.2, 0) is 0 Å². The summed E-state index contributed by atoms with van der Waals surface area (Å²) in [5.74, 6) is 0.892. The van der Waals surface area contributed by atoms with Gasteiger partial charge in [-0.1, -0.05) is 60.7 Å². The van der Waals surface area contributed by atoms with E-state index in [1.165, 1.54) is 11.1 Å². The van der Waals surface area contributed by atoms with Gasteiger partial charge in [-0.3, -0.25) is 10.4 Å². The summed E-state index contributed by atoms with van der Waals surface area (Å²) in [6.45, 7) is 2.67. The topological polar surface area (TPSA) is 24.5 Å². The molecular formula is C23H22N2O. The Balaban J connectivity index is 1.68. The van der Waals surface area contributed by atoms with Crippen LogP contribution in [0.2, 0.25) is 0 Å². The Morgan fingerprint density at radius 3 is 2.15 bits per heavy atom. The van der Waals surface area contributed by atoms with E-state index in [0.717, 1.165) is 17.1 Å². The van der Waals surface area contributed by atoms with E-state index >= 15 is 0 Å². The summed E-state index contributed by atoms with van der Waals surface area (Å²) in [6, 6.07) is 29.3. The van der Waals surface area contributed by atoms with Gasteiger partial charge in [-0.05, 0) is 48.4 Å². The lowest BCUT2D eigenvalue weighted by Gasteiger charge is -2.28. The van der Waals surface area contributed by atoms with Crippen LogP contribution >= 0.6 is 0 Å². The molecule has 3 nitrogen and oxygen atoms in total. The number of ether oxygens (including phenoxy) is 1. The fourth-order valence-corrected chi connectivity index (χ4v) is 3.24. The number of hydrogen-bond donors (Lipinski definition) is 1. The highest BCUT2D eigenvalue weighted by molar-refractivity contribution is 5.72. The Labute approximate surface area is 154 Å². The molecule has 0 fully saturated rings. The lowest BCUT2D eigenvalue weighted by molar-refractivity contribution is 0.340. The van der Waals surface area contributed by atoms with Crippen LogP contribution in [-0.4, -0.2) is 6.61 Å². The van der Waals surface area contributed by atoms with Crippen LogP contribution in [0.4, 0.5) is 5.69 Å². The third-order valence-corrected chi connectivity index (χ3v) is 4.50. The van der Waals surface area contributed by atoms with E-state index in [2.05, 4.69) is 83.2 Å². The largest absolute Gasteiger partial charge is 0.494 e. The van der Waals surface area contributed by atoms with E-state index < -0.39 is 0 Å². The number of rotatable bonds is 5. The van der Waals surface area contributed by atoms with E-state index in [4.69, 9.17) is 4.74 Å². The molecule has 3 heteroatoms.